The smallest absolute Gasteiger partial charge is 0.407 e. The van der Waals surface area contributed by atoms with Crippen molar-refractivity contribution in [2.24, 2.45) is 0 Å². The zero-order valence-electron chi connectivity index (χ0n) is 11.8. The first-order chi connectivity index (χ1) is 9.37. The number of nitrogens with one attached hydrogen (secondary N) is 2. The second-order valence-corrected chi connectivity index (χ2v) is 5.54. The number of aromatic nitrogens is 1. The van der Waals surface area contributed by atoms with Gasteiger partial charge in [0.25, 0.3) is 5.56 Å². The second-order valence-electron chi connectivity index (χ2n) is 5.54. The summed E-state index contributed by atoms with van der Waals surface area (Å²) in [7, 11) is 0. The number of carbonyl (C=O) groups excluding carboxylic acids is 1. The zero-order chi connectivity index (χ0) is 14.8. The maximum absolute atomic E-state index is 11.7. The molecule has 1 aromatic heterocycles. The van der Waals surface area contributed by atoms with E-state index in [0.29, 0.717) is 11.9 Å². The average molecular weight is 274 g/mol. The van der Waals surface area contributed by atoms with E-state index in [4.69, 9.17) is 4.74 Å². The van der Waals surface area contributed by atoms with Crippen molar-refractivity contribution in [2.75, 3.05) is 0 Å². The van der Waals surface area contributed by atoms with Gasteiger partial charge in [0.1, 0.15) is 5.60 Å². The van der Waals surface area contributed by atoms with Gasteiger partial charge in [0, 0.05) is 18.1 Å². The summed E-state index contributed by atoms with van der Waals surface area (Å²) in [6, 6.07) is 7.28. The third kappa shape index (κ3) is 3.38. The van der Waals surface area contributed by atoms with Gasteiger partial charge in [0.15, 0.2) is 0 Å². The third-order valence-electron chi connectivity index (χ3n) is 2.72. The molecule has 0 bridgehead atoms. The van der Waals surface area contributed by atoms with Gasteiger partial charge in [-0.05, 0) is 37.8 Å². The standard InChI is InChI=1S/C15H18N2O3/c1-15(2,3)20-14(19)17-9-10-8-16-13(18)12-7-5-4-6-11(10)12/h4-8H,9H2,1-3H3,(H,16,18)(H,17,19). The molecule has 5 heteroatoms. The number of H-pyrrole nitrogens is 1. The van der Waals surface area contributed by atoms with E-state index in [-0.39, 0.29) is 5.56 Å². The molecule has 0 unspecified atom stereocenters. The summed E-state index contributed by atoms with van der Waals surface area (Å²) in [6.45, 7) is 5.72. The SMILES string of the molecule is CC(C)(C)OC(=O)NCc1c[nH]c(=O)c2ccccc12. The summed E-state index contributed by atoms with van der Waals surface area (Å²) in [5, 5.41) is 4.12. The molecule has 2 rings (SSSR count). The molecular formula is C15H18N2O3. The second kappa shape index (κ2) is 5.36. The number of alkyl carbamates (subject to hydrolysis) is 1. The fraction of sp³-hybridized carbons (Fsp3) is 0.333. The molecule has 1 amide bonds. The molecule has 2 aromatic rings. The van der Waals surface area contributed by atoms with Crippen LogP contribution >= 0.6 is 0 Å². The number of amides is 1. The molecule has 0 saturated carbocycles. The normalized spacial score (nSPS) is 11.3. The molecular weight excluding hydrogens is 256 g/mol. The van der Waals surface area contributed by atoms with E-state index in [1.165, 1.54) is 0 Å². The van der Waals surface area contributed by atoms with Crippen LogP contribution in [0.2, 0.25) is 0 Å². The van der Waals surface area contributed by atoms with Gasteiger partial charge >= 0.3 is 6.09 Å². The maximum atomic E-state index is 11.7. The average Bonchev–Trinajstić information content (AvgIpc) is 2.36. The van der Waals surface area contributed by atoms with Crippen molar-refractivity contribution >= 4 is 16.9 Å². The van der Waals surface area contributed by atoms with E-state index in [0.717, 1.165) is 10.9 Å². The third-order valence-corrected chi connectivity index (χ3v) is 2.72. The predicted octanol–water partition coefficient (Wildman–Crippen LogP) is 2.55. The summed E-state index contributed by atoms with van der Waals surface area (Å²) in [6.07, 6.45) is 1.13. The number of fused-ring (bicyclic) bond motifs is 1. The van der Waals surface area contributed by atoms with E-state index in [1.807, 2.05) is 39.0 Å². The minimum atomic E-state index is -0.531. The van der Waals surface area contributed by atoms with Crippen LogP contribution in [0.4, 0.5) is 4.79 Å². The number of hydrogen-bond acceptors (Lipinski definition) is 3. The summed E-state index contributed by atoms with van der Waals surface area (Å²) < 4.78 is 5.17. The van der Waals surface area contributed by atoms with Crippen LogP contribution in [0.25, 0.3) is 10.8 Å². The number of benzene rings is 1. The topological polar surface area (TPSA) is 71.2 Å². The monoisotopic (exact) mass is 274 g/mol. The highest BCUT2D eigenvalue weighted by Crippen LogP contribution is 2.14. The van der Waals surface area contributed by atoms with E-state index < -0.39 is 11.7 Å². The van der Waals surface area contributed by atoms with Crippen molar-refractivity contribution in [2.45, 2.75) is 32.9 Å². The molecule has 0 aliphatic carbocycles. The summed E-state index contributed by atoms with van der Waals surface area (Å²) >= 11 is 0. The van der Waals surface area contributed by atoms with Crippen LogP contribution < -0.4 is 10.9 Å². The molecule has 2 N–H and O–H groups in total. The number of rotatable bonds is 2. The Morgan fingerprint density at radius 2 is 1.90 bits per heavy atom. The van der Waals surface area contributed by atoms with E-state index in [2.05, 4.69) is 10.3 Å². The molecule has 0 radical (unpaired) electrons. The van der Waals surface area contributed by atoms with E-state index in [1.54, 1.807) is 12.3 Å². The van der Waals surface area contributed by atoms with Crippen LogP contribution in [0.15, 0.2) is 35.3 Å². The van der Waals surface area contributed by atoms with Crippen molar-refractivity contribution in [3.8, 4) is 0 Å². The maximum Gasteiger partial charge on any atom is 0.407 e. The molecule has 5 nitrogen and oxygen atoms in total. The number of ether oxygens (including phenoxy) is 1. The molecule has 0 spiro atoms. The van der Waals surface area contributed by atoms with Gasteiger partial charge in [-0.2, -0.15) is 0 Å². The van der Waals surface area contributed by atoms with Crippen molar-refractivity contribution in [1.29, 1.82) is 0 Å². The molecule has 0 aliphatic heterocycles. The summed E-state index contributed by atoms with van der Waals surface area (Å²) in [5.41, 5.74) is 0.171. The fourth-order valence-electron chi connectivity index (χ4n) is 1.90. The van der Waals surface area contributed by atoms with E-state index in [9.17, 15) is 9.59 Å². The Labute approximate surface area is 117 Å². The van der Waals surface area contributed by atoms with Gasteiger partial charge in [-0.15, -0.1) is 0 Å². The molecule has 1 aromatic carbocycles. The highest BCUT2D eigenvalue weighted by Gasteiger charge is 2.16. The molecule has 0 saturated heterocycles. The van der Waals surface area contributed by atoms with E-state index >= 15 is 0 Å². The molecule has 0 aliphatic rings. The van der Waals surface area contributed by atoms with Gasteiger partial charge in [-0.1, -0.05) is 18.2 Å². The first kappa shape index (κ1) is 14.1. The molecule has 1 heterocycles. The lowest BCUT2D eigenvalue weighted by molar-refractivity contribution is 0.0524. The highest BCUT2D eigenvalue weighted by atomic mass is 16.6. The lowest BCUT2D eigenvalue weighted by atomic mass is 10.1. The molecule has 0 fully saturated rings. The Bertz CT molecular complexity index is 683. The Morgan fingerprint density at radius 1 is 1.25 bits per heavy atom. The Kier molecular flexibility index (Phi) is 3.79. The zero-order valence-corrected chi connectivity index (χ0v) is 11.8. The van der Waals surface area contributed by atoms with Crippen molar-refractivity contribution < 1.29 is 9.53 Å². The van der Waals surface area contributed by atoms with Crippen LogP contribution in [-0.4, -0.2) is 16.7 Å². The first-order valence-corrected chi connectivity index (χ1v) is 6.43. The Balaban J connectivity index is 2.17. The predicted molar refractivity (Wildman–Crippen MR) is 77.6 cm³/mol. The lowest BCUT2D eigenvalue weighted by Crippen LogP contribution is -2.32. The van der Waals surface area contributed by atoms with Gasteiger partial charge in [-0.25, -0.2) is 4.79 Å². The van der Waals surface area contributed by atoms with Crippen molar-refractivity contribution in [1.82, 2.24) is 10.3 Å². The van der Waals surface area contributed by atoms with Gasteiger partial charge in [-0.3, -0.25) is 4.79 Å². The number of pyridine rings is 1. The van der Waals surface area contributed by atoms with Crippen LogP contribution in [0.5, 0.6) is 0 Å². The highest BCUT2D eigenvalue weighted by molar-refractivity contribution is 5.84. The largest absolute Gasteiger partial charge is 0.444 e. The minimum absolute atomic E-state index is 0.137. The van der Waals surface area contributed by atoms with Crippen molar-refractivity contribution in [3.05, 3.63) is 46.4 Å². The Morgan fingerprint density at radius 3 is 2.55 bits per heavy atom. The molecule has 0 atom stereocenters. The van der Waals surface area contributed by atoms with Crippen LogP contribution in [0.1, 0.15) is 26.3 Å². The van der Waals surface area contributed by atoms with Crippen LogP contribution in [0, 0.1) is 0 Å². The Hall–Kier alpha value is -2.30. The van der Waals surface area contributed by atoms with Crippen LogP contribution in [0.3, 0.4) is 0 Å². The van der Waals surface area contributed by atoms with Crippen LogP contribution in [-0.2, 0) is 11.3 Å². The van der Waals surface area contributed by atoms with Gasteiger partial charge < -0.3 is 15.0 Å². The van der Waals surface area contributed by atoms with Gasteiger partial charge in [0.05, 0.1) is 0 Å². The molecule has 20 heavy (non-hydrogen) atoms. The lowest BCUT2D eigenvalue weighted by Gasteiger charge is -2.19. The summed E-state index contributed by atoms with van der Waals surface area (Å²) in [4.78, 5) is 26.0. The number of aromatic amines is 1. The molecule has 106 valence electrons. The number of hydrogen-bond donors (Lipinski definition) is 2. The summed E-state index contributed by atoms with van der Waals surface area (Å²) in [5.74, 6) is 0. The van der Waals surface area contributed by atoms with Gasteiger partial charge in [0.2, 0.25) is 0 Å². The number of carbonyl (C=O) groups is 1. The van der Waals surface area contributed by atoms with Crippen molar-refractivity contribution in [3.63, 3.8) is 0 Å². The fourth-order valence-corrected chi connectivity index (χ4v) is 1.90. The quantitative estimate of drug-likeness (QED) is 0.884. The minimum Gasteiger partial charge on any atom is -0.444 e. The first-order valence-electron chi connectivity index (χ1n) is 6.43.